The lowest BCUT2D eigenvalue weighted by atomic mass is 10.2. The van der Waals surface area contributed by atoms with E-state index in [0.717, 1.165) is 21.4 Å². The van der Waals surface area contributed by atoms with Gasteiger partial charge < -0.3 is 5.73 Å². The second-order valence-electron chi connectivity index (χ2n) is 4.18. The standard InChI is InChI=1S/C14H10BrClN4/c15-11-6-9(3-4-12(11)16)20-8-18-7-13(20)10-2-1-5-19-14(10)17/h1-8H,(H2,17,19). The maximum absolute atomic E-state index is 6.02. The van der Waals surface area contributed by atoms with Crippen LogP contribution in [0.1, 0.15) is 0 Å². The van der Waals surface area contributed by atoms with Gasteiger partial charge in [-0.15, -0.1) is 0 Å². The van der Waals surface area contributed by atoms with Crippen LogP contribution in [0, 0.1) is 0 Å². The van der Waals surface area contributed by atoms with Crippen LogP contribution in [0.15, 0.2) is 53.5 Å². The lowest BCUT2D eigenvalue weighted by Crippen LogP contribution is -1.99. The average Bonchev–Trinajstić information content (AvgIpc) is 2.91. The van der Waals surface area contributed by atoms with E-state index in [4.69, 9.17) is 17.3 Å². The minimum atomic E-state index is 0.474. The van der Waals surface area contributed by atoms with E-state index in [-0.39, 0.29) is 0 Å². The third-order valence-corrected chi connectivity index (χ3v) is 4.15. The predicted molar refractivity (Wildman–Crippen MR) is 83.9 cm³/mol. The van der Waals surface area contributed by atoms with Crippen molar-refractivity contribution in [2.75, 3.05) is 5.73 Å². The van der Waals surface area contributed by atoms with E-state index >= 15 is 0 Å². The third-order valence-electron chi connectivity index (χ3n) is 2.93. The van der Waals surface area contributed by atoms with Crippen molar-refractivity contribution in [3.8, 4) is 16.9 Å². The van der Waals surface area contributed by atoms with Crippen LogP contribution in [0.2, 0.25) is 5.02 Å². The number of hydrogen-bond donors (Lipinski definition) is 1. The molecule has 0 aliphatic rings. The van der Waals surface area contributed by atoms with Crippen LogP contribution >= 0.6 is 27.5 Å². The zero-order chi connectivity index (χ0) is 14.1. The van der Waals surface area contributed by atoms with Crippen molar-refractivity contribution < 1.29 is 0 Å². The van der Waals surface area contributed by atoms with Crippen molar-refractivity contribution in [3.05, 3.63) is 58.5 Å². The summed E-state index contributed by atoms with van der Waals surface area (Å²) in [6.45, 7) is 0. The molecule has 2 N–H and O–H groups in total. The van der Waals surface area contributed by atoms with Gasteiger partial charge in [-0.25, -0.2) is 9.97 Å². The zero-order valence-corrected chi connectivity index (χ0v) is 12.6. The minimum Gasteiger partial charge on any atom is -0.383 e. The molecule has 0 aliphatic heterocycles. The van der Waals surface area contributed by atoms with Gasteiger partial charge >= 0.3 is 0 Å². The normalized spacial score (nSPS) is 10.7. The van der Waals surface area contributed by atoms with Gasteiger partial charge in [0.1, 0.15) is 5.82 Å². The number of benzene rings is 1. The highest BCUT2D eigenvalue weighted by Gasteiger charge is 2.11. The van der Waals surface area contributed by atoms with Crippen LogP contribution in [-0.2, 0) is 0 Å². The van der Waals surface area contributed by atoms with Gasteiger partial charge in [-0.05, 0) is 46.3 Å². The lowest BCUT2D eigenvalue weighted by molar-refractivity contribution is 1.06. The first-order chi connectivity index (χ1) is 9.66. The van der Waals surface area contributed by atoms with Crippen molar-refractivity contribution >= 4 is 33.3 Å². The molecule has 1 aromatic carbocycles. The molecule has 0 aliphatic carbocycles. The van der Waals surface area contributed by atoms with Gasteiger partial charge in [-0.3, -0.25) is 4.57 Å². The summed E-state index contributed by atoms with van der Waals surface area (Å²) in [5, 5.41) is 0.663. The Morgan fingerprint density at radius 2 is 2.10 bits per heavy atom. The Balaban J connectivity index is 2.15. The van der Waals surface area contributed by atoms with Crippen LogP contribution < -0.4 is 5.73 Å². The molecular formula is C14H10BrClN4. The number of pyridine rings is 1. The maximum atomic E-state index is 6.02. The van der Waals surface area contributed by atoms with Crippen LogP contribution in [0.25, 0.3) is 16.9 Å². The molecule has 0 saturated heterocycles. The molecule has 0 atom stereocenters. The second-order valence-corrected chi connectivity index (χ2v) is 5.45. The van der Waals surface area contributed by atoms with Gasteiger partial charge in [0.05, 0.1) is 23.2 Å². The van der Waals surface area contributed by atoms with E-state index in [0.29, 0.717) is 10.8 Å². The fraction of sp³-hybridized carbons (Fsp3) is 0. The van der Waals surface area contributed by atoms with Crippen molar-refractivity contribution in [3.63, 3.8) is 0 Å². The summed E-state index contributed by atoms with van der Waals surface area (Å²) in [5.41, 5.74) is 8.59. The van der Waals surface area contributed by atoms with Gasteiger partial charge in [-0.1, -0.05) is 11.6 Å². The lowest BCUT2D eigenvalue weighted by Gasteiger charge is -2.10. The Kier molecular flexibility index (Phi) is 3.46. The molecule has 2 aromatic heterocycles. The summed E-state index contributed by atoms with van der Waals surface area (Å²) in [6.07, 6.45) is 5.16. The number of aromatic nitrogens is 3. The molecule has 0 saturated carbocycles. The second kappa shape index (κ2) is 5.26. The summed E-state index contributed by atoms with van der Waals surface area (Å²) < 4.78 is 2.77. The van der Waals surface area contributed by atoms with Gasteiger partial charge in [0.2, 0.25) is 0 Å². The Morgan fingerprint density at radius 3 is 2.85 bits per heavy atom. The molecule has 0 amide bonds. The molecule has 0 spiro atoms. The quantitative estimate of drug-likeness (QED) is 0.762. The first-order valence-electron chi connectivity index (χ1n) is 5.85. The van der Waals surface area contributed by atoms with E-state index in [9.17, 15) is 0 Å². The Bertz CT molecular complexity index is 769. The Morgan fingerprint density at radius 1 is 1.25 bits per heavy atom. The zero-order valence-electron chi connectivity index (χ0n) is 10.3. The first kappa shape index (κ1) is 13.1. The van der Waals surface area contributed by atoms with E-state index in [1.165, 1.54) is 0 Å². The van der Waals surface area contributed by atoms with E-state index in [2.05, 4.69) is 25.9 Å². The van der Waals surface area contributed by atoms with Crippen LogP contribution in [0.3, 0.4) is 0 Å². The smallest absolute Gasteiger partial charge is 0.132 e. The van der Waals surface area contributed by atoms with Crippen molar-refractivity contribution in [1.82, 2.24) is 14.5 Å². The fourth-order valence-corrected chi connectivity index (χ4v) is 2.45. The number of imidazole rings is 1. The molecule has 2 heterocycles. The molecule has 0 fully saturated rings. The maximum Gasteiger partial charge on any atom is 0.132 e. The fourth-order valence-electron chi connectivity index (χ4n) is 1.97. The molecule has 100 valence electrons. The Hall–Kier alpha value is -1.85. The highest BCUT2D eigenvalue weighted by Crippen LogP contribution is 2.29. The van der Waals surface area contributed by atoms with E-state index in [1.54, 1.807) is 18.7 Å². The summed E-state index contributed by atoms with van der Waals surface area (Å²) in [6, 6.07) is 9.45. The SMILES string of the molecule is Nc1ncccc1-c1cncn1-c1ccc(Cl)c(Br)c1. The van der Waals surface area contributed by atoms with Crippen molar-refractivity contribution in [2.24, 2.45) is 0 Å². The van der Waals surface area contributed by atoms with Gasteiger partial charge in [-0.2, -0.15) is 0 Å². The molecule has 6 heteroatoms. The summed E-state index contributed by atoms with van der Waals surface area (Å²) in [5.74, 6) is 0.474. The number of nitrogens with zero attached hydrogens (tertiary/aromatic N) is 3. The van der Waals surface area contributed by atoms with Crippen molar-refractivity contribution in [2.45, 2.75) is 0 Å². The number of nitrogen functional groups attached to an aromatic ring is 1. The number of halogens is 2. The summed E-state index contributed by atoms with van der Waals surface area (Å²) in [7, 11) is 0. The van der Waals surface area contributed by atoms with Crippen LogP contribution in [0.4, 0.5) is 5.82 Å². The number of nitrogens with two attached hydrogens (primary N) is 1. The summed E-state index contributed by atoms with van der Waals surface area (Å²) >= 11 is 9.45. The number of hydrogen-bond acceptors (Lipinski definition) is 3. The number of rotatable bonds is 2. The first-order valence-corrected chi connectivity index (χ1v) is 7.02. The van der Waals surface area contributed by atoms with Crippen LogP contribution in [0.5, 0.6) is 0 Å². The van der Waals surface area contributed by atoms with Crippen molar-refractivity contribution in [1.29, 1.82) is 0 Å². The monoisotopic (exact) mass is 348 g/mol. The number of anilines is 1. The summed E-state index contributed by atoms with van der Waals surface area (Å²) in [4.78, 5) is 8.31. The minimum absolute atomic E-state index is 0.474. The van der Waals surface area contributed by atoms with Gasteiger partial charge in [0, 0.05) is 21.9 Å². The van der Waals surface area contributed by atoms with E-state index in [1.807, 2.05) is 34.9 Å². The van der Waals surface area contributed by atoms with Gasteiger partial charge in [0.15, 0.2) is 0 Å². The topological polar surface area (TPSA) is 56.7 Å². The largest absolute Gasteiger partial charge is 0.383 e. The molecule has 20 heavy (non-hydrogen) atoms. The molecule has 3 rings (SSSR count). The third kappa shape index (κ3) is 2.30. The Labute approximate surface area is 129 Å². The highest BCUT2D eigenvalue weighted by atomic mass is 79.9. The van der Waals surface area contributed by atoms with Gasteiger partial charge in [0.25, 0.3) is 0 Å². The molecule has 0 radical (unpaired) electrons. The predicted octanol–water partition coefficient (Wildman–Crippen LogP) is 3.93. The molecular weight excluding hydrogens is 340 g/mol. The van der Waals surface area contributed by atoms with E-state index < -0.39 is 0 Å². The highest BCUT2D eigenvalue weighted by molar-refractivity contribution is 9.10. The molecule has 0 unspecified atom stereocenters. The average molecular weight is 350 g/mol. The molecule has 0 bridgehead atoms. The van der Waals surface area contributed by atoms with Crippen LogP contribution in [-0.4, -0.2) is 14.5 Å². The molecule has 4 nitrogen and oxygen atoms in total. The molecule has 3 aromatic rings.